The van der Waals surface area contributed by atoms with Crippen LogP contribution in [0.4, 0.5) is 0 Å². The molecule has 90 valence electrons. The van der Waals surface area contributed by atoms with E-state index >= 15 is 0 Å². The average Bonchev–Trinajstić information content (AvgIpc) is 2.60. The van der Waals surface area contributed by atoms with Crippen LogP contribution < -0.4 is 0 Å². The quantitative estimate of drug-likeness (QED) is 0.649. The Labute approximate surface area is 99.0 Å². The van der Waals surface area contributed by atoms with Gasteiger partial charge in [-0.15, -0.1) is 0 Å². The SMILES string of the molecule is Cc1cnn2c1CCCCCCCCCC2. The summed E-state index contributed by atoms with van der Waals surface area (Å²) in [5.74, 6) is 0. The number of aromatic nitrogens is 2. The van der Waals surface area contributed by atoms with E-state index in [0.29, 0.717) is 0 Å². The minimum atomic E-state index is 1.13. The summed E-state index contributed by atoms with van der Waals surface area (Å²) in [5, 5.41) is 4.50. The van der Waals surface area contributed by atoms with E-state index in [0.717, 1.165) is 6.54 Å². The van der Waals surface area contributed by atoms with E-state index < -0.39 is 0 Å². The van der Waals surface area contributed by atoms with Crippen LogP contribution >= 0.6 is 0 Å². The molecule has 16 heavy (non-hydrogen) atoms. The van der Waals surface area contributed by atoms with Gasteiger partial charge in [-0.05, 0) is 31.7 Å². The first kappa shape index (κ1) is 11.7. The lowest BCUT2D eigenvalue weighted by Gasteiger charge is -2.10. The summed E-state index contributed by atoms with van der Waals surface area (Å²) in [4.78, 5) is 0. The first-order valence-corrected chi connectivity index (χ1v) is 6.89. The van der Waals surface area contributed by atoms with Crippen molar-refractivity contribution >= 4 is 0 Å². The van der Waals surface area contributed by atoms with Crippen molar-refractivity contribution in [3.63, 3.8) is 0 Å². The lowest BCUT2D eigenvalue weighted by atomic mass is 10.0. The highest BCUT2D eigenvalue weighted by Gasteiger charge is 2.07. The molecule has 0 amide bonds. The van der Waals surface area contributed by atoms with Gasteiger partial charge in [0.15, 0.2) is 0 Å². The standard InChI is InChI=1S/C14H24N2/c1-13-12-15-16-11-9-7-5-3-2-4-6-8-10-14(13)16/h12H,2-11H2,1H3. The van der Waals surface area contributed by atoms with E-state index in [4.69, 9.17) is 0 Å². The predicted octanol–water partition coefficient (Wildman–Crippen LogP) is 3.87. The van der Waals surface area contributed by atoms with E-state index in [9.17, 15) is 0 Å². The number of hydrogen-bond acceptors (Lipinski definition) is 1. The third-order valence-electron chi connectivity index (χ3n) is 3.69. The van der Waals surface area contributed by atoms with Crippen LogP contribution in [0, 0.1) is 6.92 Å². The van der Waals surface area contributed by atoms with Crippen molar-refractivity contribution in [1.82, 2.24) is 9.78 Å². The van der Waals surface area contributed by atoms with Gasteiger partial charge < -0.3 is 0 Å². The van der Waals surface area contributed by atoms with Gasteiger partial charge in [0.1, 0.15) is 0 Å². The van der Waals surface area contributed by atoms with E-state index in [2.05, 4.69) is 16.7 Å². The lowest BCUT2D eigenvalue weighted by molar-refractivity contribution is 0.488. The normalized spacial score (nSPS) is 19.6. The first-order chi connectivity index (χ1) is 7.88. The maximum Gasteiger partial charge on any atom is 0.0521 e. The molecule has 0 saturated heterocycles. The average molecular weight is 220 g/mol. The van der Waals surface area contributed by atoms with Gasteiger partial charge >= 0.3 is 0 Å². The fourth-order valence-corrected chi connectivity index (χ4v) is 2.64. The molecule has 0 radical (unpaired) electrons. The number of hydrogen-bond donors (Lipinski definition) is 0. The Hall–Kier alpha value is -0.790. The summed E-state index contributed by atoms with van der Waals surface area (Å²) in [6, 6.07) is 0. The number of fused-ring (bicyclic) bond motifs is 1. The Balaban J connectivity index is 2.00. The van der Waals surface area contributed by atoms with Gasteiger partial charge in [-0.2, -0.15) is 5.10 Å². The van der Waals surface area contributed by atoms with E-state index in [1.165, 1.54) is 69.0 Å². The molecule has 2 nitrogen and oxygen atoms in total. The summed E-state index contributed by atoms with van der Waals surface area (Å²) in [7, 11) is 0. The van der Waals surface area contributed by atoms with Crippen molar-refractivity contribution in [3.05, 3.63) is 17.5 Å². The monoisotopic (exact) mass is 220 g/mol. The minimum absolute atomic E-state index is 1.13. The highest BCUT2D eigenvalue weighted by molar-refractivity contribution is 5.15. The second-order valence-electron chi connectivity index (χ2n) is 5.08. The second-order valence-corrected chi connectivity index (χ2v) is 5.08. The molecule has 1 aromatic heterocycles. The minimum Gasteiger partial charge on any atom is -0.269 e. The third kappa shape index (κ3) is 3.10. The van der Waals surface area contributed by atoms with Crippen LogP contribution in [0.15, 0.2) is 6.20 Å². The molecule has 0 aliphatic carbocycles. The highest BCUT2D eigenvalue weighted by Crippen LogP contribution is 2.16. The van der Waals surface area contributed by atoms with Gasteiger partial charge in [0.05, 0.1) is 6.20 Å². The summed E-state index contributed by atoms with van der Waals surface area (Å²) in [6.45, 7) is 3.33. The molecule has 2 heteroatoms. The van der Waals surface area contributed by atoms with Crippen molar-refractivity contribution in [1.29, 1.82) is 0 Å². The van der Waals surface area contributed by atoms with Gasteiger partial charge in [-0.1, -0.05) is 38.5 Å². The van der Waals surface area contributed by atoms with E-state index in [1.807, 2.05) is 6.20 Å². The van der Waals surface area contributed by atoms with Crippen LogP contribution in [-0.4, -0.2) is 9.78 Å². The molecule has 0 unspecified atom stereocenters. The molecular weight excluding hydrogens is 196 g/mol. The Morgan fingerprint density at radius 3 is 2.31 bits per heavy atom. The molecular formula is C14H24N2. The van der Waals surface area contributed by atoms with Crippen molar-refractivity contribution in [2.24, 2.45) is 0 Å². The molecule has 0 bridgehead atoms. The summed E-state index contributed by atoms with van der Waals surface area (Å²) in [5.41, 5.74) is 2.87. The van der Waals surface area contributed by atoms with Gasteiger partial charge in [0, 0.05) is 12.2 Å². The molecule has 2 rings (SSSR count). The van der Waals surface area contributed by atoms with E-state index in [1.54, 1.807) is 0 Å². The van der Waals surface area contributed by atoms with Gasteiger partial charge in [0.2, 0.25) is 0 Å². The smallest absolute Gasteiger partial charge is 0.0521 e. The van der Waals surface area contributed by atoms with E-state index in [-0.39, 0.29) is 0 Å². The molecule has 1 aliphatic rings. The molecule has 1 aliphatic heterocycles. The maximum absolute atomic E-state index is 4.50. The fraction of sp³-hybridized carbons (Fsp3) is 0.786. The molecule has 0 fully saturated rings. The zero-order valence-corrected chi connectivity index (χ0v) is 10.5. The molecule has 0 N–H and O–H groups in total. The maximum atomic E-state index is 4.50. The predicted molar refractivity (Wildman–Crippen MR) is 67.6 cm³/mol. The van der Waals surface area contributed by atoms with Crippen LogP contribution in [0.25, 0.3) is 0 Å². The topological polar surface area (TPSA) is 17.8 Å². The van der Waals surface area contributed by atoms with Gasteiger partial charge in [0.25, 0.3) is 0 Å². The highest BCUT2D eigenvalue weighted by atomic mass is 15.3. The fourth-order valence-electron chi connectivity index (χ4n) is 2.64. The second kappa shape index (κ2) is 6.07. The Kier molecular flexibility index (Phi) is 4.44. The molecule has 0 saturated carbocycles. The Morgan fingerprint density at radius 2 is 1.56 bits per heavy atom. The molecule has 2 heterocycles. The third-order valence-corrected chi connectivity index (χ3v) is 3.69. The molecule has 0 aromatic carbocycles. The molecule has 0 spiro atoms. The Bertz CT molecular complexity index is 315. The summed E-state index contributed by atoms with van der Waals surface area (Å²) >= 11 is 0. The zero-order chi connectivity index (χ0) is 11.2. The van der Waals surface area contributed by atoms with Gasteiger partial charge in [-0.25, -0.2) is 0 Å². The number of rotatable bonds is 0. The van der Waals surface area contributed by atoms with Crippen LogP contribution in [0.1, 0.15) is 62.6 Å². The number of nitrogens with zero attached hydrogens (tertiary/aromatic N) is 2. The lowest BCUT2D eigenvalue weighted by Crippen LogP contribution is -2.06. The Morgan fingerprint density at radius 1 is 0.938 bits per heavy atom. The summed E-state index contributed by atoms with van der Waals surface area (Å²) < 4.78 is 2.25. The van der Waals surface area contributed by atoms with Crippen molar-refractivity contribution in [2.45, 2.75) is 71.3 Å². The van der Waals surface area contributed by atoms with Crippen LogP contribution in [0.3, 0.4) is 0 Å². The molecule has 0 atom stereocenters. The molecule has 1 aromatic rings. The van der Waals surface area contributed by atoms with Crippen LogP contribution in [0.5, 0.6) is 0 Å². The van der Waals surface area contributed by atoms with Crippen LogP contribution in [-0.2, 0) is 13.0 Å². The van der Waals surface area contributed by atoms with Crippen molar-refractivity contribution in [3.8, 4) is 0 Å². The summed E-state index contributed by atoms with van der Waals surface area (Å²) in [6.07, 6.45) is 14.4. The largest absolute Gasteiger partial charge is 0.269 e. The first-order valence-electron chi connectivity index (χ1n) is 6.89. The van der Waals surface area contributed by atoms with Crippen molar-refractivity contribution < 1.29 is 0 Å². The van der Waals surface area contributed by atoms with Crippen LogP contribution in [0.2, 0.25) is 0 Å². The van der Waals surface area contributed by atoms with Crippen molar-refractivity contribution in [2.75, 3.05) is 0 Å². The van der Waals surface area contributed by atoms with Gasteiger partial charge in [-0.3, -0.25) is 4.68 Å². The zero-order valence-electron chi connectivity index (χ0n) is 10.5. The number of aryl methyl sites for hydroxylation is 2.